The van der Waals surface area contributed by atoms with Crippen molar-refractivity contribution in [3.05, 3.63) is 82.9 Å². The van der Waals surface area contributed by atoms with E-state index in [4.69, 9.17) is 23.2 Å². The number of halogens is 2. The van der Waals surface area contributed by atoms with Crippen molar-refractivity contribution in [2.45, 2.75) is 105 Å². The quantitative estimate of drug-likeness (QED) is 0.269. The zero-order valence-corrected chi connectivity index (χ0v) is 23.8. The predicted octanol–water partition coefficient (Wildman–Crippen LogP) is 10.8. The molecule has 4 aliphatic carbocycles. The normalized spacial score (nSPS) is 29.9. The predicted molar refractivity (Wildman–Crippen MR) is 160 cm³/mol. The van der Waals surface area contributed by atoms with Gasteiger partial charge in [-0.25, -0.2) is 0 Å². The van der Waals surface area contributed by atoms with Gasteiger partial charge in [-0.1, -0.05) is 101 Å². The van der Waals surface area contributed by atoms with Crippen molar-refractivity contribution in [2.24, 2.45) is 0 Å². The summed E-state index contributed by atoms with van der Waals surface area (Å²) in [6, 6.07) is 19.8. The van der Waals surface area contributed by atoms with Crippen molar-refractivity contribution >= 4 is 42.3 Å². The van der Waals surface area contributed by atoms with Gasteiger partial charge < -0.3 is 0 Å². The summed E-state index contributed by atoms with van der Waals surface area (Å²) in [5, 5.41) is 0.0304. The van der Waals surface area contributed by atoms with Crippen molar-refractivity contribution in [3.8, 4) is 0 Å². The molecule has 0 aliphatic heterocycles. The van der Waals surface area contributed by atoms with E-state index in [2.05, 4.69) is 60.7 Å². The van der Waals surface area contributed by atoms with Crippen LogP contribution in [-0.4, -0.2) is 21.3 Å². The summed E-state index contributed by atoms with van der Waals surface area (Å²) in [4.78, 5) is 0. The Bertz CT molecular complexity index is 1110. The first-order valence-electron chi connectivity index (χ1n) is 14.4. The van der Waals surface area contributed by atoms with Crippen LogP contribution in [0.5, 0.6) is 0 Å². The van der Waals surface area contributed by atoms with Crippen molar-refractivity contribution in [2.75, 3.05) is 0 Å². The third kappa shape index (κ3) is 4.65. The molecule has 0 radical (unpaired) electrons. The third-order valence-electron chi connectivity index (χ3n) is 9.21. The Morgan fingerprint density at radius 1 is 0.667 bits per heavy atom. The number of benzene rings is 2. The minimum absolute atomic E-state index is 0.0304. The molecule has 2 atom stereocenters. The van der Waals surface area contributed by atoms with E-state index >= 15 is 0 Å². The highest BCUT2D eigenvalue weighted by molar-refractivity contribution is 7.63. The van der Waals surface area contributed by atoms with Gasteiger partial charge in [-0.2, -0.15) is 0 Å². The molecule has 0 aromatic heterocycles. The van der Waals surface area contributed by atoms with Gasteiger partial charge in [0, 0.05) is 0 Å². The molecule has 3 fully saturated rings. The van der Waals surface area contributed by atoms with Gasteiger partial charge in [0.05, 0.1) is 9.99 Å². The Morgan fingerprint density at radius 3 is 1.89 bits per heavy atom. The Balaban J connectivity index is 1.53. The fraction of sp³-hybridized carbons (Fsp3) is 0.515. The molecule has 0 N–H and O–H groups in total. The largest absolute Gasteiger partial charge is 0.118 e. The van der Waals surface area contributed by atoms with Gasteiger partial charge in [0.15, 0.2) is 0 Å². The molecule has 0 amide bonds. The molecule has 0 nitrogen and oxygen atoms in total. The molecular formula is C33H39Cl2P. The first-order chi connectivity index (χ1) is 17.7. The molecule has 0 bridgehead atoms. The molecule has 2 aromatic carbocycles. The fourth-order valence-corrected chi connectivity index (χ4v) is 14.0. The van der Waals surface area contributed by atoms with Crippen LogP contribution in [0.25, 0.3) is 11.1 Å². The Hall–Kier alpha value is -1.07. The Morgan fingerprint density at radius 2 is 1.25 bits per heavy atom. The summed E-state index contributed by atoms with van der Waals surface area (Å²) in [5.41, 5.74) is 9.62. The lowest BCUT2D eigenvalue weighted by atomic mass is 9.87. The summed E-state index contributed by atoms with van der Waals surface area (Å²) < 4.78 is -0.269. The fourth-order valence-electron chi connectivity index (χ4n) is 7.61. The number of fused-ring (bicyclic) bond motifs is 1. The summed E-state index contributed by atoms with van der Waals surface area (Å²) in [6.07, 6.45) is 19.7. The van der Waals surface area contributed by atoms with Crippen LogP contribution in [0.1, 0.15) is 100 Å². The molecule has 36 heavy (non-hydrogen) atoms. The van der Waals surface area contributed by atoms with E-state index in [0.29, 0.717) is 0 Å². The van der Waals surface area contributed by atoms with Gasteiger partial charge in [0.1, 0.15) is 0 Å². The molecule has 2 unspecified atom stereocenters. The van der Waals surface area contributed by atoms with E-state index in [9.17, 15) is 0 Å². The van der Waals surface area contributed by atoms with Crippen LogP contribution in [0, 0.1) is 0 Å². The SMILES string of the molecule is ClC1CCCC(Cl)(P(C2CCCCC2)C2CCCCC2)C1=C1C=C(c2ccccc2)c2ccccc21. The average Bonchev–Trinajstić information content (AvgIpc) is 3.30. The van der Waals surface area contributed by atoms with Crippen LogP contribution in [0.4, 0.5) is 0 Å². The zero-order chi connectivity index (χ0) is 24.5. The molecule has 0 saturated heterocycles. The van der Waals surface area contributed by atoms with Crippen LogP contribution in [-0.2, 0) is 0 Å². The third-order valence-corrected chi connectivity index (χ3v) is 14.5. The van der Waals surface area contributed by atoms with Crippen molar-refractivity contribution in [1.29, 1.82) is 0 Å². The van der Waals surface area contributed by atoms with Crippen molar-refractivity contribution in [3.63, 3.8) is 0 Å². The van der Waals surface area contributed by atoms with Crippen LogP contribution in [0.3, 0.4) is 0 Å². The molecule has 6 rings (SSSR count). The molecule has 0 heterocycles. The average molecular weight is 538 g/mol. The Labute approximate surface area is 229 Å². The molecular weight excluding hydrogens is 498 g/mol. The monoisotopic (exact) mass is 536 g/mol. The molecule has 4 aliphatic rings. The van der Waals surface area contributed by atoms with Crippen molar-refractivity contribution < 1.29 is 0 Å². The maximum atomic E-state index is 8.17. The topological polar surface area (TPSA) is 0 Å². The Kier molecular flexibility index (Phi) is 7.68. The first-order valence-corrected chi connectivity index (χ1v) is 16.7. The van der Waals surface area contributed by atoms with Gasteiger partial charge in [0.25, 0.3) is 0 Å². The van der Waals surface area contributed by atoms with Gasteiger partial charge in [-0.05, 0) is 95.7 Å². The molecule has 190 valence electrons. The van der Waals surface area contributed by atoms with E-state index in [1.165, 1.54) is 97.6 Å². The highest BCUT2D eigenvalue weighted by atomic mass is 35.5. The molecule has 3 saturated carbocycles. The van der Waals surface area contributed by atoms with Gasteiger partial charge >= 0.3 is 0 Å². The summed E-state index contributed by atoms with van der Waals surface area (Å²) in [7, 11) is -0.343. The summed E-state index contributed by atoms with van der Waals surface area (Å²) in [6.45, 7) is 0. The molecule has 2 aromatic rings. The highest BCUT2D eigenvalue weighted by Gasteiger charge is 2.51. The van der Waals surface area contributed by atoms with E-state index < -0.39 is 0 Å². The number of hydrogen-bond donors (Lipinski definition) is 0. The first kappa shape index (κ1) is 25.2. The zero-order valence-electron chi connectivity index (χ0n) is 21.4. The lowest BCUT2D eigenvalue weighted by molar-refractivity contribution is 0.472. The van der Waals surface area contributed by atoms with E-state index in [-0.39, 0.29) is 17.9 Å². The van der Waals surface area contributed by atoms with E-state index in [1.807, 2.05) is 0 Å². The van der Waals surface area contributed by atoms with Gasteiger partial charge in [-0.15, -0.1) is 23.2 Å². The summed E-state index contributed by atoms with van der Waals surface area (Å²) >= 11 is 15.5. The number of rotatable bonds is 4. The van der Waals surface area contributed by atoms with Crippen LogP contribution >= 0.6 is 31.1 Å². The maximum absolute atomic E-state index is 8.17. The van der Waals surface area contributed by atoms with E-state index in [1.54, 1.807) is 0 Å². The second kappa shape index (κ2) is 11.0. The lowest BCUT2D eigenvalue weighted by Crippen LogP contribution is -2.39. The summed E-state index contributed by atoms with van der Waals surface area (Å²) in [5.74, 6) is 0. The lowest BCUT2D eigenvalue weighted by Gasteiger charge is -2.51. The van der Waals surface area contributed by atoms with Crippen LogP contribution in [0.15, 0.2) is 66.2 Å². The minimum atomic E-state index is -0.343. The number of hydrogen-bond acceptors (Lipinski definition) is 0. The highest BCUT2D eigenvalue weighted by Crippen LogP contribution is 2.72. The smallest absolute Gasteiger partial charge is 0.0875 e. The van der Waals surface area contributed by atoms with Crippen LogP contribution < -0.4 is 0 Å². The van der Waals surface area contributed by atoms with Crippen LogP contribution in [0.2, 0.25) is 0 Å². The molecule has 0 spiro atoms. The number of allylic oxidation sites excluding steroid dienone is 3. The molecule has 3 heteroatoms. The second-order valence-electron chi connectivity index (χ2n) is 11.4. The van der Waals surface area contributed by atoms with E-state index in [0.717, 1.165) is 30.6 Å². The van der Waals surface area contributed by atoms with Gasteiger partial charge in [-0.3, -0.25) is 0 Å². The maximum Gasteiger partial charge on any atom is 0.0875 e. The van der Waals surface area contributed by atoms with Gasteiger partial charge in [0.2, 0.25) is 0 Å². The number of alkyl halides is 2. The second-order valence-corrected chi connectivity index (χ2v) is 15.9. The standard InChI is InChI=1S/C33H39Cl2P/c34-31-21-12-22-33(35,36(25-15-6-2-7-16-25)26-17-8-3-9-18-26)32(31)30-23-29(24-13-4-1-5-14-24)27-19-10-11-20-28(27)30/h1,4-5,10-11,13-14,19-20,23,25-26,31H,2-3,6-9,12,15-18,21-22H2. The minimum Gasteiger partial charge on any atom is -0.118 e. The van der Waals surface area contributed by atoms with Crippen molar-refractivity contribution in [1.82, 2.24) is 0 Å².